The zero-order valence-corrected chi connectivity index (χ0v) is 15.5. The molecule has 0 radical (unpaired) electrons. The van der Waals surface area contributed by atoms with Gasteiger partial charge in [-0.15, -0.1) is 0 Å². The molecule has 0 aromatic rings. The molecule has 1 fully saturated rings. The van der Waals surface area contributed by atoms with E-state index in [1.807, 2.05) is 0 Å². The molecule has 0 nitrogen and oxygen atoms in total. The average Bonchev–Trinajstić information content (AvgIpc) is 2.44. The minimum atomic E-state index is 0.960. The second-order valence-corrected chi connectivity index (χ2v) is 8.35. The second kappa shape index (κ2) is 11.6. The third-order valence-electron chi connectivity index (χ3n) is 5.80. The lowest BCUT2D eigenvalue weighted by molar-refractivity contribution is 0.280. The summed E-state index contributed by atoms with van der Waals surface area (Å²) in [6, 6.07) is 0. The molecule has 21 heavy (non-hydrogen) atoms. The Morgan fingerprint density at radius 3 is 2.19 bits per heavy atom. The maximum Gasteiger partial charge on any atom is -0.0412 e. The molecular weight excluding hydrogens is 252 g/mol. The van der Waals surface area contributed by atoms with E-state index in [-0.39, 0.29) is 0 Å². The lowest BCUT2D eigenvalue weighted by Crippen LogP contribution is -2.11. The Balaban J connectivity index is 2.26. The van der Waals surface area contributed by atoms with Crippen LogP contribution in [-0.2, 0) is 0 Å². The van der Waals surface area contributed by atoms with Crippen LogP contribution < -0.4 is 0 Å². The van der Waals surface area contributed by atoms with Gasteiger partial charge in [0.15, 0.2) is 0 Å². The van der Waals surface area contributed by atoms with Gasteiger partial charge in [-0.1, -0.05) is 105 Å². The molecule has 0 aromatic carbocycles. The predicted octanol–water partition coefficient (Wildman–Crippen LogP) is 7.62. The quantitative estimate of drug-likeness (QED) is 0.453. The lowest BCUT2D eigenvalue weighted by atomic mass is 9.81. The van der Waals surface area contributed by atoms with Crippen LogP contribution in [0.1, 0.15) is 111 Å². The number of unbranched alkanes of at least 4 members (excludes halogenated alkanes) is 1. The zero-order chi connectivity index (χ0) is 15.5. The van der Waals surface area contributed by atoms with Gasteiger partial charge in [0.1, 0.15) is 0 Å². The summed E-state index contributed by atoms with van der Waals surface area (Å²) in [5.41, 5.74) is 0. The van der Waals surface area contributed by atoms with Crippen LogP contribution >= 0.6 is 0 Å². The van der Waals surface area contributed by atoms with E-state index in [1.54, 1.807) is 0 Å². The first-order chi connectivity index (χ1) is 10.1. The van der Waals surface area contributed by atoms with Crippen LogP contribution in [0.25, 0.3) is 0 Å². The van der Waals surface area contributed by atoms with E-state index in [1.165, 1.54) is 83.5 Å². The number of hydrogen-bond acceptors (Lipinski definition) is 0. The Bertz CT molecular complexity index is 232. The smallest absolute Gasteiger partial charge is 0.0412 e. The molecule has 0 aliphatic heterocycles. The van der Waals surface area contributed by atoms with Crippen molar-refractivity contribution in [2.75, 3.05) is 0 Å². The molecule has 0 spiro atoms. The van der Waals surface area contributed by atoms with Gasteiger partial charge in [-0.05, 0) is 30.1 Å². The van der Waals surface area contributed by atoms with Crippen molar-refractivity contribution in [3.63, 3.8) is 0 Å². The van der Waals surface area contributed by atoms with Gasteiger partial charge in [-0.3, -0.25) is 0 Å². The third-order valence-corrected chi connectivity index (χ3v) is 5.80. The number of rotatable bonds is 7. The SMILES string of the molecule is CCCCC(C)CCCC1CCCC(C)CCCC(C)C1. The van der Waals surface area contributed by atoms with Gasteiger partial charge in [-0.25, -0.2) is 0 Å². The van der Waals surface area contributed by atoms with Crippen molar-refractivity contribution in [2.45, 2.75) is 111 Å². The van der Waals surface area contributed by atoms with Crippen LogP contribution in [0.3, 0.4) is 0 Å². The summed E-state index contributed by atoms with van der Waals surface area (Å²) in [7, 11) is 0. The molecule has 0 bridgehead atoms. The fourth-order valence-corrected chi connectivity index (χ4v) is 4.23. The highest BCUT2D eigenvalue weighted by molar-refractivity contribution is 4.69. The topological polar surface area (TPSA) is 0 Å². The predicted molar refractivity (Wildman–Crippen MR) is 96.7 cm³/mol. The Kier molecular flexibility index (Phi) is 10.5. The van der Waals surface area contributed by atoms with Crippen molar-refractivity contribution >= 4 is 0 Å². The Morgan fingerprint density at radius 2 is 1.48 bits per heavy atom. The highest BCUT2D eigenvalue weighted by Gasteiger charge is 2.16. The zero-order valence-electron chi connectivity index (χ0n) is 15.5. The summed E-state index contributed by atoms with van der Waals surface area (Å²) in [4.78, 5) is 0. The molecule has 0 heterocycles. The molecule has 1 aliphatic rings. The van der Waals surface area contributed by atoms with E-state index in [9.17, 15) is 0 Å². The fourth-order valence-electron chi connectivity index (χ4n) is 4.23. The molecule has 1 aliphatic carbocycles. The van der Waals surface area contributed by atoms with Crippen molar-refractivity contribution in [1.82, 2.24) is 0 Å². The van der Waals surface area contributed by atoms with Crippen LogP contribution in [0.4, 0.5) is 0 Å². The second-order valence-electron chi connectivity index (χ2n) is 8.35. The molecule has 1 rings (SSSR count). The van der Waals surface area contributed by atoms with Crippen molar-refractivity contribution < 1.29 is 0 Å². The first kappa shape index (κ1) is 19.0. The first-order valence-corrected chi connectivity index (χ1v) is 10.1. The largest absolute Gasteiger partial charge is 0.0654 e. The minimum absolute atomic E-state index is 0.960. The summed E-state index contributed by atoms with van der Waals surface area (Å²) in [6.07, 6.45) is 19.1. The van der Waals surface area contributed by atoms with Gasteiger partial charge in [0.2, 0.25) is 0 Å². The molecule has 0 N–H and O–H groups in total. The Labute approximate surface area is 135 Å². The molecular formula is C21H42. The van der Waals surface area contributed by atoms with Crippen molar-refractivity contribution in [1.29, 1.82) is 0 Å². The van der Waals surface area contributed by atoms with Gasteiger partial charge in [0.05, 0.1) is 0 Å². The van der Waals surface area contributed by atoms with E-state index in [0.717, 1.165) is 23.7 Å². The van der Waals surface area contributed by atoms with Gasteiger partial charge >= 0.3 is 0 Å². The monoisotopic (exact) mass is 294 g/mol. The van der Waals surface area contributed by atoms with Crippen LogP contribution in [0.5, 0.6) is 0 Å². The van der Waals surface area contributed by atoms with Crippen LogP contribution in [-0.4, -0.2) is 0 Å². The number of hydrogen-bond donors (Lipinski definition) is 0. The van der Waals surface area contributed by atoms with Crippen molar-refractivity contribution in [2.24, 2.45) is 23.7 Å². The normalized spacial score (nSPS) is 30.0. The molecule has 1 saturated carbocycles. The molecule has 0 heteroatoms. The van der Waals surface area contributed by atoms with E-state index < -0.39 is 0 Å². The maximum atomic E-state index is 2.50. The van der Waals surface area contributed by atoms with E-state index >= 15 is 0 Å². The van der Waals surface area contributed by atoms with E-state index in [4.69, 9.17) is 0 Å². The molecule has 126 valence electrons. The highest BCUT2D eigenvalue weighted by Crippen LogP contribution is 2.31. The summed E-state index contributed by atoms with van der Waals surface area (Å²) < 4.78 is 0. The van der Waals surface area contributed by atoms with Gasteiger partial charge in [0, 0.05) is 0 Å². The average molecular weight is 295 g/mol. The molecule has 4 unspecified atom stereocenters. The Morgan fingerprint density at radius 1 is 0.857 bits per heavy atom. The third kappa shape index (κ3) is 9.59. The van der Waals surface area contributed by atoms with Gasteiger partial charge in [-0.2, -0.15) is 0 Å². The summed E-state index contributed by atoms with van der Waals surface area (Å²) >= 11 is 0. The summed E-state index contributed by atoms with van der Waals surface area (Å²) in [5.74, 6) is 3.94. The first-order valence-electron chi connectivity index (χ1n) is 10.1. The summed E-state index contributed by atoms with van der Waals surface area (Å²) in [6.45, 7) is 9.75. The molecule has 0 amide bonds. The Hall–Kier alpha value is 0. The van der Waals surface area contributed by atoms with Gasteiger partial charge in [0.25, 0.3) is 0 Å². The standard InChI is InChI=1S/C21H42/c1-5-6-10-18(2)12-8-15-21-16-9-13-19(3)11-7-14-20(4)17-21/h18-21H,5-17H2,1-4H3. The van der Waals surface area contributed by atoms with Crippen molar-refractivity contribution in [3.05, 3.63) is 0 Å². The van der Waals surface area contributed by atoms with Crippen LogP contribution in [0.15, 0.2) is 0 Å². The van der Waals surface area contributed by atoms with Crippen LogP contribution in [0.2, 0.25) is 0 Å². The van der Waals surface area contributed by atoms with Gasteiger partial charge < -0.3 is 0 Å². The maximum absolute atomic E-state index is 2.50. The van der Waals surface area contributed by atoms with Crippen LogP contribution in [0, 0.1) is 23.7 Å². The molecule has 0 aromatic heterocycles. The fraction of sp³-hybridized carbons (Fsp3) is 1.00. The summed E-state index contributed by atoms with van der Waals surface area (Å²) in [5, 5.41) is 0. The minimum Gasteiger partial charge on any atom is -0.0654 e. The highest BCUT2D eigenvalue weighted by atomic mass is 14.2. The van der Waals surface area contributed by atoms with E-state index in [0.29, 0.717) is 0 Å². The van der Waals surface area contributed by atoms with E-state index in [2.05, 4.69) is 27.7 Å². The molecule has 0 saturated heterocycles. The lowest BCUT2D eigenvalue weighted by Gasteiger charge is -2.25. The van der Waals surface area contributed by atoms with Crippen molar-refractivity contribution in [3.8, 4) is 0 Å². The molecule has 4 atom stereocenters.